The summed E-state index contributed by atoms with van der Waals surface area (Å²) in [5, 5.41) is 6.66. The number of nitrogens with zero attached hydrogens (tertiary/aromatic N) is 5. The summed E-state index contributed by atoms with van der Waals surface area (Å²) in [4.78, 5) is 34.0. The Hall–Kier alpha value is -3.67. The molecule has 1 N–H and O–H groups in total. The topological polar surface area (TPSA) is 83.4 Å². The number of carbonyl (C=O) groups excluding carboxylic acids is 2. The molecule has 8 nitrogen and oxygen atoms in total. The molecular formula is C25H25ClF4N6O2. The minimum atomic E-state index is -4.64. The van der Waals surface area contributed by atoms with Gasteiger partial charge < -0.3 is 15.1 Å². The van der Waals surface area contributed by atoms with Gasteiger partial charge in [0.25, 0.3) is 0 Å². The molecule has 0 spiro atoms. The van der Waals surface area contributed by atoms with E-state index in [1.54, 1.807) is 26.2 Å². The molecule has 1 aromatic carbocycles. The quantitative estimate of drug-likeness (QED) is 0.459. The van der Waals surface area contributed by atoms with Crippen molar-refractivity contribution in [2.75, 3.05) is 28.7 Å². The predicted octanol–water partition coefficient (Wildman–Crippen LogP) is 4.82. The third-order valence-electron chi connectivity index (χ3n) is 6.51. The first-order valence-corrected chi connectivity index (χ1v) is 11.9. The lowest BCUT2D eigenvalue weighted by molar-refractivity contribution is -0.137. The molecule has 4 rings (SSSR count). The Morgan fingerprint density at radius 3 is 2.53 bits per heavy atom. The monoisotopic (exact) mass is 552 g/mol. The van der Waals surface area contributed by atoms with Crippen molar-refractivity contribution in [1.29, 1.82) is 0 Å². The molecule has 1 saturated heterocycles. The second-order valence-corrected chi connectivity index (χ2v) is 9.99. The van der Waals surface area contributed by atoms with Gasteiger partial charge in [-0.05, 0) is 50.6 Å². The van der Waals surface area contributed by atoms with Gasteiger partial charge in [-0.25, -0.2) is 9.37 Å². The molecule has 0 unspecified atom stereocenters. The van der Waals surface area contributed by atoms with Crippen LogP contribution in [0.15, 0.2) is 42.6 Å². The largest absolute Gasteiger partial charge is 0.416 e. The highest BCUT2D eigenvalue weighted by molar-refractivity contribution is 6.31. The van der Waals surface area contributed by atoms with Crippen LogP contribution in [0.25, 0.3) is 0 Å². The second-order valence-electron chi connectivity index (χ2n) is 9.59. The number of aryl methyl sites for hydroxylation is 2. The summed E-state index contributed by atoms with van der Waals surface area (Å²) in [6, 6.07) is 6.06. The van der Waals surface area contributed by atoms with Crippen molar-refractivity contribution in [2.45, 2.75) is 32.5 Å². The van der Waals surface area contributed by atoms with Gasteiger partial charge in [-0.1, -0.05) is 11.6 Å². The van der Waals surface area contributed by atoms with E-state index in [0.717, 1.165) is 18.2 Å². The third-order valence-corrected chi connectivity index (χ3v) is 6.80. The zero-order valence-electron chi connectivity index (χ0n) is 21.0. The van der Waals surface area contributed by atoms with Crippen LogP contribution in [0.3, 0.4) is 0 Å². The summed E-state index contributed by atoms with van der Waals surface area (Å²) in [6.45, 7) is 2.96. The number of benzene rings is 1. The van der Waals surface area contributed by atoms with Crippen molar-refractivity contribution >= 4 is 40.7 Å². The summed E-state index contributed by atoms with van der Waals surface area (Å²) < 4.78 is 56.0. The number of carbonyl (C=O) groups is 2. The number of alkyl halides is 3. The first-order valence-electron chi connectivity index (χ1n) is 11.5. The predicted molar refractivity (Wildman–Crippen MR) is 134 cm³/mol. The lowest BCUT2D eigenvalue weighted by atomic mass is 9.86. The maximum atomic E-state index is 13.7. The number of nitrogens with one attached hydrogen (secondary N) is 1. The molecule has 3 heterocycles. The minimum absolute atomic E-state index is 0.0270. The summed E-state index contributed by atoms with van der Waals surface area (Å²) in [5.74, 6) is -1.44. The standard InChI is InChI=1S/C25H25ClF4N6O2/c1-14-9-15(25(28,29)30)10-21(31-14)36-13-24(2,23(38)32-20-7-8-34(3)33-20)12-19(36)22(37)35(4)16-5-6-18(27)17(26)11-16/h5-11,19H,12-13H2,1-4H3,(H,32,33,38)/t19-,24+/m0/s1. The fraction of sp³-hybridized carbons (Fsp3) is 0.360. The number of likely N-dealkylation sites (N-methyl/N-ethyl adjacent to an activating group) is 1. The van der Waals surface area contributed by atoms with Gasteiger partial charge in [-0.15, -0.1) is 0 Å². The molecule has 0 bridgehead atoms. The first kappa shape index (κ1) is 27.4. The van der Waals surface area contributed by atoms with Crippen LogP contribution in [0.4, 0.5) is 34.9 Å². The Kier molecular flexibility index (Phi) is 7.13. The molecule has 38 heavy (non-hydrogen) atoms. The second kappa shape index (κ2) is 9.90. The summed E-state index contributed by atoms with van der Waals surface area (Å²) in [5.41, 5.74) is -1.73. The summed E-state index contributed by atoms with van der Waals surface area (Å²) in [6.07, 6.45) is -3.02. The van der Waals surface area contributed by atoms with Crippen LogP contribution in [-0.4, -0.2) is 46.2 Å². The molecule has 0 radical (unpaired) electrons. The van der Waals surface area contributed by atoms with Gasteiger partial charge in [0.2, 0.25) is 11.8 Å². The van der Waals surface area contributed by atoms with E-state index in [0.29, 0.717) is 5.82 Å². The molecule has 1 fully saturated rings. The van der Waals surface area contributed by atoms with E-state index >= 15 is 0 Å². The highest BCUT2D eigenvalue weighted by Gasteiger charge is 2.50. The van der Waals surface area contributed by atoms with Gasteiger partial charge in [0.15, 0.2) is 5.82 Å². The average Bonchev–Trinajstić information content (AvgIpc) is 3.42. The SMILES string of the molecule is Cc1cc(C(F)(F)F)cc(N2C[C@](C)(C(=O)Nc3ccn(C)n3)C[C@H]2C(=O)N(C)c2ccc(F)c(Cl)c2)n1. The van der Waals surface area contributed by atoms with Crippen LogP contribution >= 0.6 is 11.6 Å². The van der Waals surface area contributed by atoms with Crippen LogP contribution in [0.5, 0.6) is 0 Å². The Labute approximate surface area is 221 Å². The number of hydrogen-bond donors (Lipinski definition) is 1. The number of anilines is 3. The number of rotatable bonds is 5. The van der Waals surface area contributed by atoms with Crippen molar-refractivity contribution < 1.29 is 27.2 Å². The van der Waals surface area contributed by atoms with Gasteiger partial charge in [0.1, 0.15) is 17.7 Å². The summed E-state index contributed by atoms with van der Waals surface area (Å²) >= 11 is 5.89. The molecule has 13 heteroatoms. The van der Waals surface area contributed by atoms with E-state index in [2.05, 4.69) is 15.4 Å². The average molecular weight is 553 g/mol. The molecule has 202 valence electrons. The van der Waals surface area contributed by atoms with Crippen molar-refractivity contribution in [3.05, 3.63) is 64.7 Å². The Morgan fingerprint density at radius 2 is 1.92 bits per heavy atom. The summed E-state index contributed by atoms with van der Waals surface area (Å²) in [7, 11) is 3.13. The van der Waals surface area contributed by atoms with E-state index in [9.17, 15) is 27.2 Å². The maximum Gasteiger partial charge on any atom is 0.416 e. The van der Waals surface area contributed by atoms with Crippen LogP contribution in [0.2, 0.25) is 5.02 Å². The zero-order chi connectivity index (χ0) is 28.0. The number of amides is 2. The molecule has 1 aliphatic rings. The van der Waals surface area contributed by atoms with Gasteiger partial charge in [0, 0.05) is 44.3 Å². The van der Waals surface area contributed by atoms with Crippen molar-refractivity contribution in [3.63, 3.8) is 0 Å². The van der Waals surface area contributed by atoms with Gasteiger partial charge in [-0.3, -0.25) is 14.3 Å². The number of halogens is 5. The van der Waals surface area contributed by atoms with Crippen LogP contribution in [0.1, 0.15) is 24.6 Å². The normalized spacial score (nSPS) is 19.5. The molecule has 2 atom stereocenters. The third kappa shape index (κ3) is 5.45. The molecule has 2 amide bonds. The lowest BCUT2D eigenvalue weighted by Gasteiger charge is -2.29. The minimum Gasteiger partial charge on any atom is -0.343 e. The van der Waals surface area contributed by atoms with Crippen molar-refractivity contribution in [1.82, 2.24) is 14.8 Å². The number of hydrogen-bond acceptors (Lipinski definition) is 5. The molecule has 2 aromatic heterocycles. The Bertz CT molecular complexity index is 1390. The highest BCUT2D eigenvalue weighted by atomic mass is 35.5. The lowest BCUT2D eigenvalue weighted by Crippen LogP contribution is -2.44. The van der Waals surface area contributed by atoms with Crippen LogP contribution in [-0.2, 0) is 22.8 Å². The Balaban J connectivity index is 1.72. The fourth-order valence-electron chi connectivity index (χ4n) is 4.47. The number of pyridine rings is 1. The smallest absolute Gasteiger partial charge is 0.343 e. The van der Waals surface area contributed by atoms with Gasteiger partial charge in [-0.2, -0.15) is 18.3 Å². The molecule has 0 saturated carbocycles. The zero-order valence-corrected chi connectivity index (χ0v) is 21.7. The van der Waals surface area contributed by atoms with Gasteiger partial charge in [0.05, 0.1) is 16.0 Å². The molecular weight excluding hydrogens is 528 g/mol. The van der Waals surface area contributed by atoms with Gasteiger partial charge >= 0.3 is 6.18 Å². The van der Waals surface area contributed by atoms with E-state index in [4.69, 9.17) is 11.6 Å². The van der Waals surface area contributed by atoms with E-state index < -0.39 is 40.8 Å². The van der Waals surface area contributed by atoms with E-state index in [1.165, 1.54) is 40.6 Å². The Morgan fingerprint density at radius 1 is 1.21 bits per heavy atom. The molecule has 3 aromatic rings. The van der Waals surface area contributed by atoms with Crippen molar-refractivity contribution in [2.24, 2.45) is 12.5 Å². The number of aromatic nitrogens is 3. The molecule has 1 aliphatic heterocycles. The van der Waals surface area contributed by atoms with E-state index in [-0.39, 0.29) is 35.2 Å². The molecule has 0 aliphatic carbocycles. The van der Waals surface area contributed by atoms with Crippen LogP contribution in [0, 0.1) is 18.2 Å². The highest BCUT2D eigenvalue weighted by Crippen LogP contribution is 2.41. The van der Waals surface area contributed by atoms with Crippen molar-refractivity contribution in [3.8, 4) is 0 Å². The fourth-order valence-corrected chi connectivity index (χ4v) is 4.64. The van der Waals surface area contributed by atoms with E-state index in [1.807, 2.05) is 0 Å². The maximum absolute atomic E-state index is 13.7. The van der Waals surface area contributed by atoms with Crippen LogP contribution < -0.4 is 15.1 Å². The first-order chi connectivity index (χ1) is 17.7.